The van der Waals surface area contributed by atoms with E-state index >= 15 is 0 Å². The van der Waals surface area contributed by atoms with Crippen LogP contribution in [0, 0.1) is 0 Å². The molecule has 3 heterocycles. The molecule has 2 fully saturated rings. The fourth-order valence-electron chi connectivity index (χ4n) is 5.58. The van der Waals surface area contributed by atoms with E-state index in [1.165, 1.54) is 11.8 Å². The van der Waals surface area contributed by atoms with Crippen molar-refractivity contribution in [2.24, 2.45) is 0 Å². The predicted octanol–water partition coefficient (Wildman–Crippen LogP) is 2.51. The van der Waals surface area contributed by atoms with Crippen LogP contribution >= 0.6 is 0 Å². The molecule has 9 heteroatoms. The van der Waals surface area contributed by atoms with Crippen molar-refractivity contribution in [1.82, 2.24) is 19.7 Å². The van der Waals surface area contributed by atoms with Crippen molar-refractivity contribution in [2.75, 3.05) is 20.1 Å². The molecule has 2 aliphatic heterocycles. The lowest BCUT2D eigenvalue weighted by Gasteiger charge is -2.40. The monoisotopic (exact) mass is 484 g/mol. The van der Waals surface area contributed by atoms with E-state index in [4.69, 9.17) is 4.74 Å². The van der Waals surface area contributed by atoms with Gasteiger partial charge in [0.25, 0.3) is 5.56 Å². The van der Waals surface area contributed by atoms with Crippen LogP contribution in [0.1, 0.15) is 52.5 Å². The second-order valence-corrected chi connectivity index (χ2v) is 10.2. The number of hydrogen-bond acceptors (Lipinski definition) is 6. The van der Waals surface area contributed by atoms with E-state index < -0.39 is 12.2 Å². The molecule has 0 radical (unpaired) electrons. The van der Waals surface area contributed by atoms with E-state index in [1.54, 1.807) is 17.7 Å². The molecule has 2 amide bonds. The smallest absolute Gasteiger partial charge is 0.404 e. The van der Waals surface area contributed by atoms with Crippen LogP contribution in [0.25, 0.3) is 10.9 Å². The summed E-state index contributed by atoms with van der Waals surface area (Å²) in [4.78, 5) is 41.1. The minimum absolute atomic E-state index is 0.0213. The number of rotatable bonds is 7. The number of ether oxygens (including phenoxy) is 1. The molecule has 2 aromatic rings. The fourth-order valence-corrected chi connectivity index (χ4v) is 5.58. The number of para-hydroxylation sites is 1. The van der Waals surface area contributed by atoms with Crippen molar-refractivity contribution in [3.8, 4) is 5.75 Å². The highest BCUT2D eigenvalue weighted by molar-refractivity contribution is 5.81. The van der Waals surface area contributed by atoms with Gasteiger partial charge in [-0.15, -0.1) is 0 Å². The van der Waals surface area contributed by atoms with Gasteiger partial charge in [0.2, 0.25) is 5.91 Å². The van der Waals surface area contributed by atoms with Gasteiger partial charge in [0.1, 0.15) is 0 Å². The summed E-state index contributed by atoms with van der Waals surface area (Å²) in [5.41, 5.74) is 0.481. The first-order valence-corrected chi connectivity index (χ1v) is 12.4. The number of fused-ring (bicyclic) bond motifs is 3. The largest absolute Gasteiger partial charge is 0.413 e. The highest BCUT2D eigenvalue weighted by Crippen LogP contribution is 2.36. The lowest BCUT2D eigenvalue weighted by Crippen LogP contribution is -2.53. The Labute approximate surface area is 205 Å². The van der Waals surface area contributed by atoms with Crippen molar-refractivity contribution >= 4 is 22.9 Å². The molecule has 1 aromatic heterocycles. The number of benzene rings is 1. The summed E-state index contributed by atoms with van der Waals surface area (Å²) in [5, 5.41) is 14.3. The van der Waals surface area contributed by atoms with E-state index in [2.05, 4.69) is 10.2 Å². The normalized spacial score (nSPS) is 22.9. The predicted molar refractivity (Wildman–Crippen MR) is 134 cm³/mol. The van der Waals surface area contributed by atoms with Crippen LogP contribution in [-0.2, 0) is 4.79 Å². The van der Waals surface area contributed by atoms with E-state index in [9.17, 15) is 19.5 Å². The summed E-state index contributed by atoms with van der Waals surface area (Å²) in [6.45, 7) is 6.16. The molecule has 0 spiro atoms. The second-order valence-electron chi connectivity index (χ2n) is 10.2. The third-order valence-electron chi connectivity index (χ3n) is 7.28. The first kappa shape index (κ1) is 25.2. The summed E-state index contributed by atoms with van der Waals surface area (Å²) in [6.07, 6.45) is 2.31. The highest BCUT2D eigenvalue weighted by atomic mass is 16.6. The number of amides is 2. The van der Waals surface area contributed by atoms with E-state index in [0.29, 0.717) is 13.1 Å². The van der Waals surface area contributed by atoms with Crippen molar-refractivity contribution in [1.29, 1.82) is 0 Å². The molecule has 190 valence electrons. The van der Waals surface area contributed by atoms with Crippen molar-refractivity contribution in [3.05, 3.63) is 40.7 Å². The number of nitrogens with one attached hydrogen (secondary N) is 1. The molecule has 4 atom stereocenters. The minimum atomic E-state index is -0.617. The average Bonchev–Trinajstić information content (AvgIpc) is 3.01. The molecule has 2 bridgehead atoms. The molecule has 2 N–H and O–H groups in total. The minimum Gasteiger partial charge on any atom is -0.404 e. The van der Waals surface area contributed by atoms with E-state index in [0.717, 1.165) is 36.6 Å². The first-order valence-electron chi connectivity index (χ1n) is 12.4. The van der Waals surface area contributed by atoms with Gasteiger partial charge in [0.05, 0.1) is 11.6 Å². The maximum absolute atomic E-state index is 13.0. The molecule has 0 saturated carbocycles. The topological polar surface area (TPSA) is 104 Å². The molecule has 9 nitrogen and oxygen atoms in total. The second kappa shape index (κ2) is 10.4. The Kier molecular flexibility index (Phi) is 7.47. The van der Waals surface area contributed by atoms with Crippen LogP contribution in [0.5, 0.6) is 5.75 Å². The summed E-state index contributed by atoms with van der Waals surface area (Å²) >= 11 is 0. The molecular weight excluding hydrogens is 448 g/mol. The number of carbonyl (C=O) groups is 2. The van der Waals surface area contributed by atoms with Crippen LogP contribution < -0.4 is 15.6 Å². The quantitative estimate of drug-likeness (QED) is 0.626. The first-order chi connectivity index (χ1) is 16.6. The molecule has 1 unspecified atom stereocenters. The summed E-state index contributed by atoms with van der Waals surface area (Å²) in [5.74, 6) is -0.0481. The van der Waals surface area contributed by atoms with E-state index in [1.807, 2.05) is 38.1 Å². The number of nitrogens with zero attached hydrogens (tertiary/aromatic N) is 3. The Bertz CT molecular complexity index is 1130. The zero-order valence-corrected chi connectivity index (χ0v) is 20.9. The van der Waals surface area contributed by atoms with Gasteiger partial charge >= 0.3 is 6.09 Å². The molecule has 2 aliphatic rings. The van der Waals surface area contributed by atoms with Gasteiger partial charge in [-0.25, -0.2) is 4.79 Å². The lowest BCUT2D eigenvalue weighted by molar-refractivity contribution is -0.129. The number of aliphatic hydroxyl groups excluding tert-OH is 1. The molecular formula is C26H36N4O5. The van der Waals surface area contributed by atoms with Gasteiger partial charge in [-0.05, 0) is 51.7 Å². The zero-order valence-electron chi connectivity index (χ0n) is 20.9. The number of hydrogen-bond donors (Lipinski definition) is 2. The van der Waals surface area contributed by atoms with Crippen LogP contribution in [0.2, 0.25) is 0 Å². The van der Waals surface area contributed by atoms with Crippen molar-refractivity contribution < 1.29 is 19.4 Å². The Morgan fingerprint density at radius 3 is 2.49 bits per heavy atom. The lowest BCUT2D eigenvalue weighted by atomic mass is 9.97. The zero-order chi connectivity index (χ0) is 25.3. The Morgan fingerprint density at radius 1 is 1.20 bits per heavy atom. The third kappa shape index (κ3) is 5.51. The van der Waals surface area contributed by atoms with Gasteiger partial charge in [0, 0.05) is 56.6 Å². The van der Waals surface area contributed by atoms with Gasteiger partial charge < -0.3 is 24.6 Å². The standard InChI is InChI=1S/C26H36N4O5/c1-16(2)30-23-8-6-5-7-18(23)11-24(25(30)33)35-26(34)27-19-12-20-9-10-21(13-19)29(20)15-22(32)14-28(4)17(3)31/h5-8,11,16,19-22,32H,9-10,12-15H2,1-4H3,(H,27,34)/t19-,20-,21+,22?. The number of likely N-dealkylation sites (N-methyl/N-ethyl adjacent to an activating group) is 1. The van der Waals surface area contributed by atoms with E-state index in [-0.39, 0.29) is 41.4 Å². The van der Waals surface area contributed by atoms with Gasteiger partial charge in [-0.3, -0.25) is 14.5 Å². The number of carbonyl (C=O) groups excluding carboxylic acids is 2. The number of piperidine rings is 1. The Morgan fingerprint density at radius 2 is 1.86 bits per heavy atom. The van der Waals surface area contributed by atoms with Crippen LogP contribution in [-0.4, -0.2) is 75.8 Å². The van der Waals surface area contributed by atoms with Gasteiger partial charge in [-0.1, -0.05) is 18.2 Å². The van der Waals surface area contributed by atoms with Crippen molar-refractivity contribution in [3.63, 3.8) is 0 Å². The molecule has 1 aromatic carbocycles. The Balaban J connectivity index is 1.38. The fraction of sp³-hybridized carbons (Fsp3) is 0.577. The maximum Gasteiger partial charge on any atom is 0.413 e. The van der Waals surface area contributed by atoms with Crippen LogP contribution in [0.3, 0.4) is 0 Å². The molecule has 2 saturated heterocycles. The molecule has 0 aliphatic carbocycles. The summed E-state index contributed by atoms with van der Waals surface area (Å²) < 4.78 is 7.17. The number of pyridine rings is 1. The summed E-state index contributed by atoms with van der Waals surface area (Å²) in [7, 11) is 1.69. The van der Waals surface area contributed by atoms with Crippen molar-refractivity contribution in [2.45, 2.75) is 76.7 Å². The van der Waals surface area contributed by atoms with Gasteiger partial charge in [-0.2, -0.15) is 0 Å². The van der Waals surface area contributed by atoms with Gasteiger partial charge in [0.15, 0.2) is 5.75 Å². The summed E-state index contributed by atoms with van der Waals surface area (Å²) in [6, 6.07) is 9.57. The highest BCUT2D eigenvalue weighted by Gasteiger charge is 2.42. The molecule has 4 rings (SSSR count). The number of aliphatic hydroxyl groups is 1. The third-order valence-corrected chi connectivity index (χ3v) is 7.28. The maximum atomic E-state index is 13.0. The number of aromatic nitrogens is 1. The average molecular weight is 485 g/mol. The SMILES string of the molecule is CC(=O)N(C)CC(O)CN1[C@@H]2CC[C@H]1C[C@H](NC(=O)Oc1cc3ccccc3n(C(C)C)c1=O)C2. The molecule has 35 heavy (non-hydrogen) atoms. The van der Waals surface area contributed by atoms with Crippen LogP contribution in [0.15, 0.2) is 35.1 Å². The van der Waals surface area contributed by atoms with Crippen LogP contribution in [0.4, 0.5) is 4.79 Å². The Hall–Kier alpha value is -2.91.